The minimum atomic E-state index is -0.121. The Hall–Kier alpha value is 0.680. The van der Waals surface area contributed by atoms with Gasteiger partial charge >= 0.3 is 0 Å². The van der Waals surface area contributed by atoms with Crippen molar-refractivity contribution in [2.75, 3.05) is 0 Å². The molecule has 4 rings (SSSR count). The van der Waals surface area contributed by atoms with Gasteiger partial charge in [-0.3, -0.25) is 0 Å². The number of halogens is 4. The Kier molecular flexibility index (Phi) is 7.15. The molecule has 0 saturated heterocycles. The molecule has 0 atom stereocenters. The van der Waals surface area contributed by atoms with Gasteiger partial charge in [-0.05, 0) is 112 Å². The average molecular weight is 690 g/mol. The maximum atomic E-state index is 6.81. The van der Waals surface area contributed by atoms with E-state index in [4.69, 9.17) is 4.74 Å². The van der Waals surface area contributed by atoms with Crippen LogP contribution in [-0.2, 0) is 4.74 Å². The van der Waals surface area contributed by atoms with Crippen LogP contribution in [0.25, 0.3) is 0 Å². The fraction of sp³-hybridized carbons (Fsp3) is 0.111. The highest BCUT2D eigenvalue weighted by molar-refractivity contribution is 9.11. The lowest BCUT2D eigenvalue weighted by Gasteiger charge is -2.22. The van der Waals surface area contributed by atoms with Crippen molar-refractivity contribution in [3.63, 3.8) is 0 Å². The smallest absolute Gasteiger partial charge is 0.127 e. The molecular weight excluding hydrogens is 680 g/mol. The standard InChI is InChI=1S/C18H10Br4OS4/c19-13-5-1-9(24-13)17(10-2-6-14(20)25-10)23-18(11-3-7-15(21)26-11)12-4-8-16(22)27-12/h1-8,17-18H. The van der Waals surface area contributed by atoms with E-state index in [1.165, 1.54) is 19.5 Å². The van der Waals surface area contributed by atoms with Crippen molar-refractivity contribution in [2.45, 2.75) is 12.2 Å². The fourth-order valence-electron chi connectivity index (χ4n) is 2.56. The number of thiophene rings is 4. The van der Waals surface area contributed by atoms with Crippen LogP contribution in [-0.4, -0.2) is 0 Å². The Balaban J connectivity index is 1.75. The summed E-state index contributed by atoms with van der Waals surface area (Å²) in [5.41, 5.74) is 0. The highest BCUT2D eigenvalue weighted by atomic mass is 79.9. The van der Waals surface area contributed by atoms with Crippen molar-refractivity contribution < 1.29 is 4.74 Å². The average Bonchev–Trinajstić information content (AvgIpc) is 3.40. The number of rotatable bonds is 6. The van der Waals surface area contributed by atoms with Gasteiger partial charge in [-0.2, -0.15) is 0 Å². The van der Waals surface area contributed by atoms with Crippen LogP contribution >= 0.6 is 109 Å². The first-order chi connectivity index (χ1) is 13.0. The van der Waals surface area contributed by atoms with Gasteiger partial charge < -0.3 is 4.74 Å². The summed E-state index contributed by atoms with van der Waals surface area (Å²) >= 11 is 21.2. The highest BCUT2D eigenvalue weighted by Crippen LogP contribution is 2.45. The Morgan fingerprint density at radius 1 is 0.481 bits per heavy atom. The van der Waals surface area contributed by atoms with Gasteiger partial charge in [-0.1, -0.05) is 0 Å². The molecule has 0 amide bonds. The lowest BCUT2D eigenvalue weighted by Crippen LogP contribution is -2.09. The molecule has 0 unspecified atom stereocenters. The van der Waals surface area contributed by atoms with Crippen molar-refractivity contribution in [2.24, 2.45) is 0 Å². The summed E-state index contributed by atoms with van der Waals surface area (Å²) in [5, 5.41) is 0. The van der Waals surface area contributed by atoms with E-state index in [-0.39, 0.29) is 12.2 Å². The Bertz CT molecular complexity index is 884. The molecule has 0 fully saturated rings. The van der Waals surface area contributed by atoms with E-state index >= 15 is 0 Å². The molecule has 0 saturated carbocycles. The second-order valence-electron chi connectivity index (χ2n) is 5.46. The van der Waals surface area contributed by atoms with Crippen LogP contribution in [0.1, 0.15) is 31.7 Å². The second kappa shape index (κ2) is 9.22. The Morgan fingerprint density at radius 3 is 0.926 bits per heavy atom. The summed E-state index contributed by atoms with van der Waals surface area (Å²) in [5.74, 6) is 0. The minimum absolute atomic E-state index is 0.121. The van der Waals surface area contributed by atoms with Gasteiger partial charge in [0, 0.05) is 19.5 Å². The molecule has 0 spiro atoms. The monoisotopic (exact) mass is 686 g/mol. The topological polar surface area (TPSA) is 9.23 Å². The fourth-order valence-corrected chi connectivity index (χ4v) is 8.63. The molecule has 0 aliphatic rings. The number of ether oxygens (including phenoxy) is 1. The molecule has 27 heavy (non-hydrogen) atoms. The van der Waals surface area contributed by atoms with Crippen LogP contribution in [0, 0.1) is 0 Å². The van der Waals surface area contributed by atoms with Crippen LogP contribution in [0.2, 0.25) is 0 Å². The molecule has 0 bridgehead atoms. The SMILES string of the molecule is Brc1ccc(C(OC(c2ccc(Br)s2)c2ccc(Br)s2)c2ccc(Br)s2)s1. The van der Waals surface area contributed by atoms with E-state index in [9.17, 15) is 0 Å². The van der Waals surface area contributed by atoms with Crippen molar-refractivity contribution >= 4 is 109 Å². The van der Waals surface area contributed by atoms with E-state index in [0.717, 1.165) is 15.1 Å². The van der Waals surface area contributed by atoms with Crippen LogP contribution in [0.5, 0.6) is 0 Å². The molecule has 0 aliphatic carbocycles. The van der Waals surface area contributed by atoms with E-state index in [1.54, 1.807) is 45.3 Å². The highest BCUT2D eigenvalue weighted by Gasteiger charge is 2.27. The zero-order valence-corrected chi connectivity index (χ0v) is 22.9. The van der Waals surface area contributed by atoms with Gasteiger partial charge in [0.05, 0.1) is 15.1 Å². The molecular formula is C18H10Br4OS4. The second-order valence-corrected chi connectivity index (χ2v) is 15.4. The van der Waals surface area contributed by atoms with E-state index in [2.05, 4.69) is 112 Å². The van der Waals surface area contributed by atoms with Gasteiger partial charge in [0.25, 0.3) is 0 Å². The van der Waals surface area contributed by atoms with Gasteiger partial charge in [0.1, 0.15) is 12.2 Å². The van der Waals surface area contributed by atoms with Crippen molar-refractivity contribution in [1.82, 2.24) is 0 Å². The first-order valence-corrected chi connectivity index (χ1v) is 14.1. The van der Waals surface area contributed by atoms with E-state index in [1.807, 2.05) is 0 Å². The number of hydrogen-bond acceptors (Lipinski definition) is 5. The van der Waals surface area contributed by atoms with Crippen LogP contribution in [0.3, 0.4) is 0 Å². The van der Waals surface area contributed by atoms with Gasteiger partial charge in [0.2, 0.25) is 0 Å². The quantitative estimate of drug-likeness (QED) is 0.196. The predicted octanol–water partition coefficient (Wildman–Crippen LogP) is 9.88. The number of hydrogen-bond donors (Lipinski definition) is 0. The van der Waals surface area contributed by atoms with E-state index < -0.39 is 0 Å². The molecule has 140 valence electrons. The molecule has 4 aromatic heterocycles. The Morgan fingerprint density at radius 2 is 0.741 bits per heavy atom. The van der Waals surface area contributed by atoms with Gasteiger partial charge in [-0.25, -0.2) is 0 Å². The summed E-state index contributed by atoms with van der Waals surface area (Å²) in [7, 11) is 0. The zero-order valence-electron chi connectivity index (χ0n) is 13.3. The van der Waals surface area contributed by atoms with Crippen molar-refractivity contribution in [1.29, 1.82) is 0 Å². The molecule has 1 nitrogen and oxygen atoms in total. The summed E-state index contributed by atoms with van der Waals surface area (Å²) in [4.78, 5) is 4.75. The van der Waals surface area contributed by atoms with Gasteiger partial charge in [0.15, 0.2) is 0 Å². The normalized spacial score (nSPS) is 11.8. The maximum absolute atomic E-state index is 6.81. The van der Waals surface area contributed by atoms with Gasteiger partial charge in [-0.15, -0.1) is 45.3 Å². The van der Waals surface area contributed by atoms with Crippen LogP contribution < -0.4 is 0 Å². The molecule has 4 heterocycles. The van der Waals surface area contributed by atoms with Crippen molar-refractivity contribution in [3.8, 4) is 0 Å². The molecule has 0 aliphatic heterocycles. The summed E-state index contributed by atoms with van der Waals surface area (Å²) in [6, 6.07) is 16.9. The zero-order chi connectivity index (χ0) is 19.0. The third-order valence-electron chi connectivity index (χ3n) is 3.68. The summed E-state index contributed by atoms with van der Waals surface area (Å²) in [6.07, 6.45) is -0.242. The maximum Gasteiger partial charge on any atom is 0.127 e. The lowest BCUT2D eigenvalue weighted by molar-refractivity contribution is 0.0388. The Labute approximate surface area is 206 Å². The van der Waals surface area contributed by atoms with Crippen LogP contribution in [0.15, 0.2) is 63.7 Å². The predicted molar refractivity (Wildman–Crippen MR) is 133 cm³/mol. The third-order valence-corrected chi connectivity index (χ3v) is 10.3. The van der Waals surface area contributed by atoms with E-state index in [0.29, 0.717) is 0 Å². The molecule has 0 radical (unpaired) electrons. The molecule has 4 aromatic rings. The summed E-state index contributed by atoms with van der Waals surface area (Å²) < 4.78 is 11.2. The molecule has 0 N–H and O–H groups in total. The first kappa shape index (κ1) is 20.9. The summed E-state index contributed by atoms with van der Waals surface area (Å²) in [6.45, 7) is 0. The first-order valence-electron chi connectivity index (χ1n) is 7.66. The third kappa shape index (κ3) is 5.06. The van der Waals surface area contributed by atoms with Crippen molar-refractivity contribution in [3.05, 3.63) is 83.2 Å². The largest absolute Gasteiger partial charge is 0.353 e. The van der Waals surface area contributed by atoms with Crippen LogP contribution in [0.4, 0.5) is 0 Å². The minimum Gasteiger partial charge on any atom is -0.353 e. The molecule has 9 heteroatoms. The lowest BCUT2D eigenvalue weighted by atomic mass is 10.2. The molecule has 0 aromatic carbocycles.